The molecule has 6 rings (SSSR count). The van der Waals surface area contributed by atoms with E-state index in [2.05, 4.69) is 17.1 Å². The fraction of sp³-hybridized carbons (Fsp3) is 0.333. The second-order valence-corrected chi connectivity index (χ2v) is 14.7. The van der Waals surface area contributed by atoms with Crippen LogP contribution in [0.1, 0.15) is 68.3 Å². The number of carbonyl (C=O) groups is 2. The van der Waals surface area contributed by atoms with Gasteiger partial charge in [-0.15, -0.1) is 10.2 Å². The molecule has 1 N–H and O–H groups in total. The number of ketones is 1. The molecule has 3 heterocycles. The van der Waals surface area contributed by atoms with Crippen LogP contribution in [0.4, 0.5) is 5.13 Å². The summed E-state index contributed by atoms with van der Waals surface area (Å²) in [6.07, 6.45) is 3.67. The van der Waals surface area contributed by atoms with Crippen molar-refractivity contribution in [2.24, 2.45) is 0 Å². The van der Waals surface area contributed by atoms with Crippen LogP contribution in [0.2, 0.25) is 10.0 Å². The summed E-state index contributed by atoms with van der Waals surface area (Å²) in [5.74, 6) is 0.309. The quantitative estimate of drug-likeness (QED) is 0.0359. The maximum Gasteiger partial charge on any atom is 0.301 e. The fourth-order valence-corrected chi connectivity index (χ4v) is 8.25. The highest BCUT2D eigenvalue weighted by molar-refractivity contribution is 8.00. The number of fused-ring (bicyclic) bond motifs is 1. The largest absolute Gasteiger partial charge is 0.507 e. The fourth-order valence-electron chi connectivity index (χ4n) is 5.82. The Balaban J connectivity index is 1.40. The normalized spacial score (nSPS) is 18.1. The topological polar surface area (TPSA) is 111 Å². The molecule has 1 aromatic heterocycles. The summed E-state index contributed by atoms with van der Waals surface area (Å²) in [4.78, 5) is 29.0. The van der Waals surface area contributed by atoms with Gasteiger partial charge in [0.25, 0.3) is 5.78 Å². The number of aliphatic hydroxyl groups is 1. The standard InChI is InChI=1S/C36H35Cl2N3O6S2/c1-4-6-7-14-46-28-13-9-21(17-29(28)45-5-2)31-30(32(42)22-10-12-27-24(16-22)15-20(3)47-27)33(43)34(44)41(31)35-39-40-36(49-35)48-19-23-8-11-25(37)18-26(23)38/h8-13,16-18,20,31,42H,4-7,14-15,19H2,1-3H3/b32-30+. The molecule has 2 atom stereocenters. The number of unbranched alkanes of at least 4 members (excludes halogenated alkanes) is 2. The highest BCUT2D eigenvalue weighted by Gasteiger charge is 2.48. The molecular weight excluding hydrogens is 705 g/mol. The van der Waals surface area contributed by atoms with Crippen LogP contribution in [0.15, 0.2) is 64.5 Å². The zero-order chi connectivity index (χ0) is 34.7. The minimum absolute atomic E-state index is 0.00199. The number of anilines is 1. The number of benzene rings is 3. The van der Waals surface area contributed by atoms with Crippen molar-refractivity contribution in [3.05, 3.63) is 92.5 Å². The zero-order valence-electron chi connectivity index (χ0n) is 27.2. The first-order chi connectivity index (χ1) is 23.7. The molecule has 256 valence electrons. The number of rotatable bonds is 13. The van der Waals surface area contributed by atoms with Gasteiger partial charge in [0.2, 0.25) is 5.13 Å². The summed E-state index contributed by atoms with van der Waals surface area (Å²) < 4.78 is 18.4. The van der Waals surface area contributed by atoms with Crippen LogP contribution in [0.3, 0.4) is 0 Å². The van der Waals surface area contributed by atoms with Crippen molar-refractivity contribution in [1.29, 1.82) is 0 Å². The molecule has 1 fully saturated rings. The van der Waals surface area contributed by atoms with Crippen molar-refractivity contribution in [1.82, 2.24) is 10.2 Å². The maximum atomic E-state index is 13.9. The Hall–Kier alpha value is -3.77. The molecule has 2 aliphatic heterocycles. The van der Waals surface area contributed by atoms with E-state index in [9.17, 15) is 14.7 Å². The molecule has 9 nitrogen and oxygen atoms in total. The number of thioether (sulfide) groups is 1. The molecule has 0 saturated carbocycles. The first-order valence-electron chi connectivity index (χ1n) is 16.1. The van der Waals surface area contributed by atoms with Crippen LogP contribution in [0.5, 0.6) is 17.2 Å². The average molecular weight is 741 g/mol. The minimum atomic E-state index is -1.02. The van der Waals surface area contributed by atoms with Crippen LogP contribution in [-0.2, 0) is 21.8 Å². The smallest absolute Gasteiger partial charge is 0.301 e. The molecule has 2 aliphatic rings. The minimum Gasteiger partial charge on any atom is -0.507 e. The Labute approximate surface area is 303 Å². The Kier molecular flexibility index (Phi) is 11.0. The number of hydrogen-bond donors (Lipinski definition) is 1. The van der Waals surface area contributed by atoms with Crippen molar-refractivity contribution in [2.75, 3.05) is 18.1 Å². The molecule has 0 radical (unpaired) electrons. The Morgan fingerprint density at radius 2 is 1.88 bits per heavy atom. The van der Waals surface area contributed by atoms with E-state index in [1.165, 1.54) is 28.0 Å². The summed E-state index contributed by atoms with van der Waals surface area (Å²) in [6, 6.07) is 14.9. The number of aliphatic hydroxyl groups excluding tert-OH is 1. The summed E-state index contributed by atoms with van der Waals surface area (Å²) >= 11 is 15.0. The second-order valence-electron chi connectivity index (χ2n) is 11.7. The third-order valence-corrected chi connectivity index (χ3v) is 10.9. The third-order valence-electron chi connectivity index (χ3n) is 8.17. The molecule has 0 aliphatic carbocycles. The average Bonchev–Trinajstić information content (AvgIpc) is 3.77. The van der Waals surface area contributed by atoms with E-state index in [0.717, 1.165) is 36.1 Å². The van der Waals surface area contributed by atoms with Gasteiger partial charge in [0, 0.05) is 27.8 Å². The zero-order valence-corrected chi connectivity index (χ0v) is 30.3. The van der Waals surface area contributed by atoms with Crippen molar-refractivity contribution < 1.29 is 28.9 Å². The number of amides is 1. The van der Waals surface area contributed by atoms with Gasteiger partial charge in [-0.2, -0.15) is 0 Å². The number of halogens is 2. The first-order valence-corrected chi connectivity index (χ1v) is 18.6. The van der Waals surface area contributed by atoms with Gasteiger partial charge in [-0.1, -0.05) is 78.2 Å². The molecule has 0 bridgehead atoms. The lowest BCUT2D eigenvalue weighted by Gasteiger charge is -2.23. The monoisotopic (exact) mass is 739 g/mol. The van der Waals surface area contributed by atoms with E-state index >= 15 is 0 Å². The van der Waals surface area contributed by atoms with Gasteiger partial charge in [0.1, 0.15) is 17.6 Å². The van der Waals surface area contributed by atoms with Crippen LogP contribution >= 0.6 is 46.3 Å². The van der Waals surface area contributed by atoms with Crippen molar-refractivity contribution in [3.8, 4) is 17.2 Å². The summed E-state index contributed by atoms with van der Waals surface area (Å²) in [7, 11) is 0. The molecule has 4 aromatic rings. The molecule has 1 amide bonds. The molecular formula is C36H35Cl2N3O6S2. The molecule has 0 spiro atoms. The lowest BCUT2D eigenvalue weighted by molar-refractivity contribution is -0.132. The van der Waals surface area contributed by atoms with Crippen LogP contribution in [0.25, 0.3) is 5.76 Å². The van der Waals surface area contributed by atoms with Gasteiger partial charge in [-0.3, -0.25) is 14.5 Å². The molecule has 49 heavy (non-hydrogen) atoms. The van der Waals surface area contributed by atoms with Crippen LogP contribution < -0.4 is 19.1 Å². The predicted octanol–water partition coefficient (Wildman–Crippen LogP) is 9.05. The molecule has 3 aromatic carbocycles. The Morgan fingerprint density at radius 3 is 2.65 bits per heavy atom. The van der Waals surface area contributed by atoms with Gasteiger partial charge < -0.3 is 19.3 Å². The van der Waals surface area contributed by atoms with E-state index in [0.29, 0.717) is 62.4 Å². The highest BCUT2D eigenvalue weighted by Crippen LogP contribution is 2.46. The number of hydrogen-bond acceptors (Lipinski definition) is 10. The number of aromatic nitrogens is 2. The van der Waals surface area contributed by atoms with Crippen molar-refractivity contribution >= 4 is 68.9 Å². The van der Waals surface area contributed by atoms with Crippen molar-refractivity contribution in [2.45, 2.75) is 68.7 Å². The van der Waals surface area contributed by atoms with E-state index in [1.807, 2.05) is 19.9 Å². The van der Waals surface area contributed by atoms with Gasteiger partial charge in [0.05, 0.1) is 24.8 Å². The summed E-state index contributed by atoms with van der Waals surface area (Å²) in [5, 5.41) is 21.7. The van der Waals surface area contributed by atoms with E-state index < -0.39 is 17.7 Å². The van der Waals surface area contributed by atoms with E-state index in [1.54, 1.807) is 48.5 Å². The molecule has 2 unspecified atom stereocenters. The highest BCUT2D eigenvalue weighted by atomic mass is 35.5. The number of Topliss-reactive ketones (excluding diaryl/α,β-unsaturated/α-hetero) is 1. The second kappa shape index (κ2) is 15.4. The summed E-state index contributed by atoms with van der Waals surface area (Å²) in [5.41, 5.74) is 2.67. The summed E-state index contributed by atoms with van der Waals surface area (Å²) in [6.45, 7) is 6.87. The van der Waals surface area contributed by atoms with Gasteiger partial charge in [-0.25, -0.2) is 0 Å². The van der Waals surface area contributed by atoms with Gasteiger partial charge in [0.15, 0.2) is 15.8 Å². The number of ether oxygens (including phenoxy) is 3. The number of nitrogens with zero attached hydrogens (tertiary/aromatic N) is 3. The third kappa shape index (κ3) is 7.55. The van der Waals surface area contributed by atoms with Crippen LogP contribution in [-0.4, -0.2) is 46.3 Å². The van der Waals surface area contributed by atoms with E-state index in [-0.39, 0.29) is 22.6 Å². The molecule has 1 saturated heterocycles. The van der Waals surface area contributed by atoms with E-state index in [4.69, 9.17) is 37.4 Å². The first kappa shape index (κ1) is 35.1. The Bertz CT molecular complexity index is 1920. The Morgan fingerprint density at radius 1 is 1.04 bits per heavy atom. The SMILES string of the molecule is CCCCCOc1ccc(C2/C(=C(\O)c3ccc4c(c3)CC(C)O4)C(=O)C(=O)N2c2nnc(SCc3ccc(Cl)cc3Cl)s2)cc1OCC. The van der Waals surface area contributed by atoms with Crippen molar-refractivity contribution in [3.63, 3.8) is 0 Å². The lowest BCUT2D eigenvalue weighted by Crippen LogP contribution is -2.29. The van der Waals surface area contributed by atoms with Crippen LogP contribution in [0, 0.1) is 0 Å². The molecule has 13 heteroatoms. The lowest BCUT2D eigenvalue weighted by atomic mass is 9.94. The van der Waals surface area contributed by atoms with Gasteiger partial charge in [-0.05, 0) is 79.4 Å². The maximum absolute atomic E-state index is 13.9. The van der Waals surface area contributed by atoms with Gasteiger partial charge >= 0.3 is 5.91 Å². The number of carbonyl (C=O) groups excluding carboxylic acids is 2. The predicted molar refractivity (Wildman–Crippen MR) is 194 cm³/mol.